The maximum atomic E-state index is 13.0. The summed E-state index contributed by atoms with van der Waals surface area (Å²) in [4.78, 5) is 27.3. The fourth-order valence-corrected chi connectivity index (χ4v) is 3.56. The molecule has 4 N–H and O–H groups in total. The third kappa shape index (κ3) is 5.49. The number of β-amino-alcohol motifs (C(OH)–C–C–N with tert-alkyl or cyclic N) is 1. The number of amides is 2. The molecule has 1 saturated heterocycles. The summed E-state index contributed by atoms with van der Waals surface area (Å²) in [5, 5.41) is 13.1. The SMILES string of the molecule is CC(C)=C(C)c1ccc([C@H](C)NC(=O)[C@@H]2C[C@@H](O)CN2C(=O)[C@@H](N)C(C)(C)C)cc1. The molecule has 0 spiro atoms. The number of aliphatic hydroxyl groups is 1. The summed E-state index contributed by atoms with van der Waals surface area (Å²) >= 11 is 0. The summed E-state index contributed by atoms with van der Waals surface area (Å²) in [5.41, 5.74) is 10.3. The quantitative estimate of drug-likeness (QED) is 0.689. The molecule has 0 aromatic heterocycles. The standard InChI is InChI=1S/C24H37N3O3/c1-14(2)15(3)17-8-10-18(11-9-17)16(4)26-22(29)20-12-19(28)13-27(20)23(30)21(25)24(5,6)7/h8-11,16,19-21,28H,12-13,25H2,1-7H3,(H,26,29)/t16-,19+,20-,21+/m0/s1. The van der Waals surface area contributed by atoms with Gasteiger partial charge in [-0.05, 0) is 49.8 Å². The molecule has 1 aromatic rings. The highest BCUT2D eigenvalue weighted by molar-refractivity contribution is 5.91. The molecule has 1 heterocycles. The number of carbonyl (C=O) groups excluding carboxylic acids is 2. The zero-order valence-corrected chi connectivity index (χ0v) is 19.3. The number of hydrogen-bond donors (Lipinski definition) is 3. The molecule has 4 atom stereocenters. The Morgan fingerprint density at radius 1 is 1.17 bits per heavy atom. The summed E-state index contributed by atoms with van der Waals surface area (Å²) < 4.78 is 0. The number of nitrogens with zero attached hydrogens (tertiary/aromatic N) is 1. The Balaban J connectivity index is 2.11. The van der Waals surface area contributed by atoms with Gasteiger partial charge < -0.3 is 21.1 Å². The smallest absolute Gasteiger partial charge is 0.243 e. The Morgan fingerprint density at radius 3 is 2.23 bits per heavy atom. The largest absolute Gasteiger partial charge is 0.391 e. The molecule has 0 aliphatic carbocycles. The van der Waals surface area contributed by atoms with Crippen LogP contribution in [0, 0.1) is 5.41 Å². The lowest BCUT2D eigenvalue weighted by molar-refractivity contribution is -0.141. The third-order valence-electron chi connectivity index (χ3n) is 6.02. The van der Waals surface area contributed by atoms with Gasteiger partial charge in [-0.15, -0.1) is 0 Å². The number of benzene rings is 1. The van der Waals surface area contributed by atoms with Crippen molar-refractivity contribution in [1.82, 2.24) is 10.2 Å². The molecule has 0 saturated carbocycles. The molecule has 1 fully saturated rings. The minimum absolute atomic E-state index is 0.131. The van der Waals surface area contributed by atoms with Crippen LogP contribution in [0.4, 0.5) is 0 Å². The number of aliphatic hydroxyl groups excluding tert-OH is 1. The van der Waals surface area contributed by atoms with Gasteiger partial charge >= 0.3 is 0 Å². The Hall–Kier alpha value is -2.18. The number of carbonyl (C=O) groups is 2. The van der Waals surface area contributed by atoms with E-state index >= 15 is 0 Å². The van der Waals surface area contributed by atoms with Crippen LogP contribution < -0.4 is 11.1 Å². The molecule has 2 rings (SSSR count). The summed E-state index contributed by atoms with van der Waals surface area (Å²) in [6.45, 7) is 14.0. The Morgan fingerprint density at radius 2 is 1.73 bits per heavy atom. The summed E-state index contributed by atoms with van der Waals surface area (Å²) in [6, 6.07) is 6.46. The molecule has 1 aromatic carbocycles. The first kappa shape index (κ1) is 24.1. The minimum atomic E-state index is -0.735. The number of likely N-dealkylation sites (tertiary alicyclic amines) is 1. The summed E-state index contributed by atoms with van der Waals surface area (Å²) in [7, 11) is 0. The van der Waals surface area contributed by atoms with Gasteiger partial charge in [0.1, 0.15) is 6.04 Å². The van der Waals surface area contributed by atoms with Gasteiger partial charge in [0.25, 0.3) is 0 Å². The monoisotopic (exact) mass is 415 g/mol. The Bertz CT molecular complexity index is 804. The molecule has 0 radical (unpaired) electrons. The van der Waals surface area contributed by atoms with Gasteiger partial charge in [0.05, 0.1) is 18.2 Å². The highest BCUT2D eigenvalue weighted by Crippen LogP contribution is 2.26. The number of allylic oxidation sites excluding steroid dienone is 2. The van der Waals surface area contributed by atoms with Crippen molar-refractivity contribution in [2.75, 3.05) is 6.54 Å². The molecule has 30 heavy (non-hydrogen) atoms. The van der Waals surface area contributed by atoms with Crippen molar-refractivity contribution < 1.29 is 14.7 Å². The first-order chi connectivity index (χ1) is 13.8. The Kier molecular flexibility index (Phi) is 7.48. The lowest BCUT2D eigenvalue weighted by Gasteiger charge is -2.32. The van der Waals surface area contributed by atoms with E-state index in [4.69, 9.17) is 5.73 Å². The number of rotatable bonds is 5. The van der Waals surface area contributed by atoms with E-state index in [1.165, 1.54) is 16.0 Å². The highest BCUT2D eigenvalue weighted by Gasteiger charge is 2.42. The van der Waals surface area contributed by atoms with Gasteiger partial charge in [0.15, 0.2) is 0 Å². The number of hydrogen-bond acceptors (Lipinski definition) is 4. The maximum Gasteiger partial charge on any atom is 0.243 e. The second-order valence-electron chi connectivity index (χ2n) is 9.72. The van der Waals surface area contributed by atoms with Crippen LogP contribution in [0.25, 0.3) is 5.57 Å². The van der Waals surface area contributed by atoms with Crippen LogP contribution in [0.15, 0.2) is 29.8 Å². The van der Waals surface area contributed by atoms with Crippen LogP contribution in [0.5, 0.6) is 0 Å². The van der Waals surface area contributed by atoms with Gasteiger partial charge in [0.2, 0.25) is 11.8 Å². The van der Waals surface area contributed by atoms with E-state index in [0.29, 0.717) is 0 Å². The van der Waals surface area contributed by atoms with E-state index in [1.54, 1.807) is 0 Å². The average Bonchev–Trinajstić information content (AvgIpc) is 3.07. The zero-order valence-electron chi connectivity index (χ0n) is 19.3. The van der Waals surface area contributed by atoms with Crippen LogP contribution in [-0.2, 0) is 9.59 Å². The van der Waals surface area contributed by atoms with Gasteiger partial charge in [-0.2, -0.15) is 0 Å². The van der Waals surface area contributed by atoms with E-state index in [2.05, 4.69) is 38.2 Å². The van der Waals surface area contributed by atoms with Crippen molar-refractivity contribution in [2.24, 2.45) is 11.1 Å². The predicted molar refractivity (Wildman–Crippen MR) is 120 cm³/mol. The molecule has 2 amide bonds. The van der Waals surface area contributed by atoms with Crippen LogP contribution >= 0.6 is 0 Å². The predicted octanol–water partition coefficient (Wildman–Crippen LogP) is 3.01. The fourth-order valence-electron chi connectivity index (χ4n) is 3.56. The number of nitrogens with two attached hydrogens (primary N) is 1. The highest BCUT2D eigenvalue weighted by atomic mass is 16.3. The van der Waals surface area contributed by atoms with E-state index in [0.717, 1.165) is 11.1 Å². The topological polar surface area (TPSA) is 95.7 Å². The lowest BCUT2D eigenvalue weighted by atomic mass is 9.86. The molecular formula is C24H37N3O3. The second kappa shape index (κ2) is 9.31. The molecule has 1 aliphatic heterocycles. The van der Waals surface area contributed by atoms with Crippen molar-refractivity contribution in [3.8, 4) is 0 Å². The fraction of sp³-hybridized carbons (Fsp3) is 0.583. The van der Waals surface area contributed by atoms with Crippen LogP contribution in [0.3, 0.4) is 0 Å². The third-order valence-corrected chi connectivity index (χ3v) is 6.02. The van der Waals surface area contributed by atoms with Crippen LogP contribution in [0.2, 0.25) is 0 Å². The zero-order chi connectivity index (χ0) is 22.8. The molecule has 166 valence electrons. The molecule has 1 aliphatic rings. The lowest BCUT2D eigenvalue weighted by Crippen LogP contribution is -2.55. The van der Waals surface area contributed by atoms with E-state index in [1.807, 2.05) is 39.8 Å². The van der Waals surface area contributed by atoms with Crippen molar-refractivity contribution in [1.29, 1.82) is 0 Å². The minimum Gasteiger partial charge on any atom is -0.391 e. The molecule has 0 unspecified atom stereocenters. The van der Waals surface area contributed by atoms with Crippen molar-refractivity contribution in [3.63, 3.8) is 0 Å². The molecule has 6 heteroatoms. The van der Waals surface area contributed by atoms with E-state index < -0.39 is 23.6 Å². The van der Waals surface area contributed by atoms with Crippen molar-refractivity contribution in [3.05, 3.63) is 41.0 Å². The summed E-state index contributed by atoms with van der Waals surface area (Å²) in [5.74, 6) is -0.563. The van der Waals surface area contributed by atoms with Crippen LogP contribution in [0.1, 0.15) is 72.1 Å². The van der Waals surface area contributed by atoms with E-state index in [9.17, 15) is 14.7 Å². The van der Waals surface area contributed by atoms with Gasteiger partial charge in [-0.25, -0.2) is 0 Å². The average molecular weight is 416 g/mol. The maximum absolute atomic E-state index is 13.0. The molecule has 6 nitrogen and oxygen atoms in total. The molecule has 0 bridgehead atoms. The van der Waals surface area contributed by atoms with Crippen LogP contribution in [-0.4, -0.2) is 46.6 Å². The number of nitrogens with one attached hydrogen (secondary N) is 1. The molecular weight excluding hydrogens is 378 g/mol. The first-order valence-electron chi connectivity index (χ1n) is 10.6. The van der Waals surface area contributed by atoms with E-state index in [-0.39, 0.29) is 30.8 Å². The van der Waals surface area contributed by atoms with Crippen molar-refractivity contribution >= 4 is 17.4 Å². The summed E-state index contributed by atoms with van der Waals surface area (Å²) in [6.07, 6.45) is -0.502. The van der Waals surface area contributed by atoms with Gasteiger partial charge in [-0.1, -0.05) is 50.6 Å². The van der Waals surface area contributed by atoms with Crippen molar-refractivity contribution in [2.45, 2.75) is 79.1 Å². The normalized spacial score (nSPS) is 21.2. The van der Waals surface area contributed by atoms with Gasteiger partial charge in [-0.3, -0.25) is 9.59 Å². The second-order valence-corrected chi connectivity index (χ2v) is 9.72. The Labute approximate surface area is 180 Å². The first-order valence-corrected chi connectivity index (χ1v) is 10.6. The van der Waals surface area contributed by atoms with Gasteiger partial charge in [0, 0.05) is 13.0 Å².